The first-order chi connectivity index (χ1) is 9.06. The van der Waals surface area contributed by atoms with Crippen molar-refractivity contribution < 1.29 is 19.4 Å². The van der Waals surface area contributed by atoms with E-state index in [0.717, 1.165) is 0 Å². The molecule has 0 aliphatic carbocycles. The highest BCUT2D eigenvalue weighted by molar-refractivity contribution is 6.02. The third kappa shape index (κ3) is 4.71. The monoisotopic (exact) mass is 265 g/mol. The molecule has 0 amide bonds. The second kappa shape index (κ2) is 7.53. The molecule has 2 N–H and O–H groups in total. The van der Waals surface area contributed by atoms with Gasteiger partial charge in [-0.05, 0) is 26.0 Å². The van der Waals surface area contributed by atoms with Gasteiger partial charge in [0.25, 0.3) is 0 Å². The van der Waals surface area contributed by atoms with Crippen LogP contribution >= 0.6 is 0 Å². The quantitative estimate of drug-likeness (QED) is 0.700. The first-order valence-electron chi connectivity index (χ1n) is 6.27. The Labute approximate surface area is 112 Å². The number of ether oxygens (including phenoxy) is 1. The first kappa shape index (κ1) is 15.2. The van der Waals surface area contributed by atoms with E-state index in [2.05, 4.69) is 5.32 Å². The molecule has 0 fully saturated rings. The molecule has 0 saturated heterocycles. The van der Waals surface area contributed by atoms with Gasteiger partial charge >= 0.3 is 5.97 Å². The van der Waals surface area contributed by atoms with Crippen LogP contribution in [0, 0.1) is 0 Å². The largest absolute Gasteiger partial charge is 0.493 e. The zero-order valence-electron chi connectivity index (χ0n) is 11.2. The highest BCUT2D eigenvalue weighted by atomic mass is 16.5. The number of carbonyl (C=O) groups is 2. The normalized spacial score (nSPS) is 11.9. The molecule has 5 heteroatoms. The molecular formula is C14H19NO4. The van der Waals surface area contributed by atoms with E-state index >= 15 is 0 Å². The van der Waals surface area contributed by atoms with E-state index in [0.29, 0.717) is 17.9 Å². The second-order valence-electron chi connectivity index (χ2n) is 4.11. The maximum atomic E-state index is 12.2. The third-order valence-electron chi connectivity index (χ3n) is 2.64. The molecule has 1 aromatic rings. The third-order valence-corrected chi connectivity index (χ3v) is 2.64. The molecule has 0 spiro atoms. The van der Waals surface area contributed by atoms with Crippen molar-refractivity contribution in [1.29, 1.82) is 0 Å². The molecule has 5 nitrogen and oxygen atoms in total. The molecule has 1 atom stereocenters. The van der Waals surface area contributed by atoms with E-state index in [4.69, 9.17) is 9.84 Å². The molecule has 1 unspecified atom stereocenters. The molecule has 0 aliphatic heterocycles. The average molecular weight is 265 g/mol. The van der Waals surface area contributed by atoms with Crippen LogP contribution in [0.5, 0.6) is 5.75 Å². The van der Waals surface area contributed by atoms with Crippen molar-refractivity contribution in [3.63, 3.8) is 0 Å². The highest BCUT2D eigenvalue weighted by Crippen LogP contribution is 2.19. The number of para-hydroxylation sites is 1. The molecule has 0 saturated carbocycles. The van der Waals surface area contributed by atoms with Crippen LogP contribution in [0.25, 0.3) is 0 Å². The maximum absolute atomic E-state index is 12.2. The summed E-state index contributed by atoms with van der Waals surface area (Å²) in [5.74, 6) is -0.432. The van der Waals surface area contributed by atoms with E-state index in [1.54, 1.807) is 25.1 Å². The van der Waals surface area contributed by atoms with Gasteiger partial charge in [0.1, 0.15) is 5.75 Å². The molecule has 104 valence electrons. The summed E-state index contributed by atoms with van der Waals surface area (Å²) in [5, 5.41) is 11.4. The molecule has 0 heterocycles. The standard InChI is InChI=1S/C14H19NO4/c1-3-19-12-7-5-4-6-11(12)14(18)10(2)15-9-8-13(16)17/h4-7,10,15H,3,8-9H2,1-2H3,(H,16,17). The van der Waals surface area contributed by atoms with E-state index < -0.39 is 12.0 Å². The second-order valence-corrected chi connectivity index (χ2v) is 4.11. The fourth-order valence-electron chi connectivity index (χ4n) is 1.67. The number of hydrogen-bond donors (Lipinski definition) is 2. The summed E-state index contributed by atoms with van der Waals surface area (Å²) in [6.45, 7) is 4.33. The van der Waals surface area contributed by atoms with Crippen molar-refractivity contribution in [2.45, 2.75) is 26.3 Å². The van der Waals surface area contributed by atoms with Gasteiger partial charge in [-0.3, -0.25) is 9.59 Å². The van der Waals surface area contributed by atoms with Gasteiger partial charge < -0.3 is 15.2 Å². The number of carboxylic acids is 1. The van der Waals surface area contributed by atoms with Gasteiger partial charge in [-0.1, -0.05) is 12.1 Å². The smallest absolute Gasteiger partial charge is 0.304 e. The number of aliphatic carboxylic acids is 1. The molecule has 1 aromatic carbocycles. The van der Waals surface area contributed by atoms with Crippen molar-refractivity contribution in [1.82, 2.24) is 5.32 Å². The van der Waals surface area contributed by atoms with Gasteiger partial charge in [-0.2, -0.15) is 0 Å². The number of nitrogens with one attached hydrogen (secondary N) is 1. The van der Waals surface area contributed by atoms with Crippen LogP contribution in [0.4, 0.5) is 0 Å². The molecule has 19 heavy (non-hydrogen) atoms. The Balaban J connectivity index is 2.68. The number of carbonyl (C=O) groups excluding carboxylic acids is 1. The topological polar surface area (TPSA) is 75.6 Å². The first-order valence-corrected chi connectivity index (χ1v) is 6.27. The van der Waals surface area contributed by atoms with Crippen LogP contribution in [0.3, 0.4) is 0 Å². The van der Waals surface area contributed by atoms with Crippen LogP contribution in [-0.4, -0.2) is 36.1 Å². The van der Waals surface area contributed by atoms with Crippen LogP contribution in [0.1, 0.15) is 30.6 Å². The summed E-state index contributed by atoms with van der Waals surface area (Å²) in [6.07, 6.45) is -0.00920. The fourth-order valence-corrected chi connectivity index (χ4v) is 1.67. The van der Waals surface area contributed by atoms with Crippen LogP contribution in [0.15, 0.2) is 24.3 Å². The van der Waals surface area contributed by atoms with Crippen LogP contribution in [-0.2, 0) is 4.79 Å². The van der Waals surface area contributed by atoms with Gasteiger partial charge in [-0.15, -0.1) is 0 Å². The summed E-state index contributed by atoms with van der Waals surface area (Å²) in [7, 11) is 0. The van der Waals surface area contributed by atoms with Gasteiger partial charge in [0.15, 0.2) is 5.78 Å². The minimum atomic E-state index is -0.887. The number of Topliss-reactive ketones (excluding diaryl/α,β-unsaturated/α-hetero) is 1. The number of ketones is 1. The van der Waals surface area contributed by atoms with E-state index in [-0.39, 0.29) is 18.7 Å². The van der Waals surface area contributed by atoms with E-state index in [1.807, 2.05) is 13.0 Å². The lowest BCUT2D eigenvalue weighted by molar-refractivity contribution is -0.136. The van der Waals surface area contributed by atoms with Gasteiger partial charge in [0, 0.05) is 6.54 Å². The number of hydrogen-bond acceptors (Lipinski definition) is 4. The van der Waals surface area contributed by atoms with E-state index in [9.17, 15) is 9.59 Å². The Morgan fingerprint density at radius 2 is 2.05 bits per heavy atom. The highest BCUT2D eigenvalue weighted by Gasteiger charge is 2.18. The van der Waals surface area contributed by atoms with Crippen molar-refractivity contribution >= 4 is 11.8 Å². The molecular weight excluding hydrogens is 246 g/mol. The average Bonchev–Trinajstić information content (AvgIpc) is 2.38. The SMILES string of the molecule is CCOc1ccccc1C(=O)C(C)NCCC(=O)O. The zero-order chi connectivity index (χ0) is 14.3. The lowest BCUT2D eigenvalue weighted by Crippen LogP contribution is -2.35. The van der Waals surface area contributed by atoms with Crippen molar-refractivity contribution in [2.24, 2.45) is 0 Å². The van der Waals surface area contributed by atoms with Crippen LogP contribution in [0.2, 0.25) is 0 Å². The summed E-state index contributed by atoms with van der Waals surface area (Å²) in [4.78, 5) is 22.6. The van der Waals surface area contributed by atoms with Gasteiger partial charge in [0.05, 0.1) is 24.6 Å². The Bertz CT molecular complexity index is 445. The lowest BCUT2D eigenvalue weighted by atomic mass is 10.0. The van der Waals surface area contributed by atoms with Gasteiger partial charge in [0.2, 0.25) is 0 Å². The Morgan fingerprint density at radius 1 is 1.37 bits per heavy atom. The zero-order valence-corrected chi connectivity index (χ0v) is 11.2. The summed E-state index contributed by atoms with van der Waals surface area (Å²) in [5.41, 5.74) is 0.514. The summed E-state index contributed by atoms with van der Waals surface area (Å²) >= 11 is 0. The fraction of sp³-hybridized carbons (Fsp3) is 0.429. The minimum Gasteiger partial charge on any atom is -0.493 e. The molecule has 1 rings (SSSR count). The number of carboxylic acid groups (broad SMARTS) is 1. The molecule has 0 bridgehead atoms. The van der Waals surface area contributed by atoms with Crippen LogP contribution < -0.4 is 10.1 Å². The Hall–Kier alpha value is -1.88. The van der Waals surface area contributed by atoms with E-state index in [1.165, 1.54) is 0 Å². The summed E-state index contributed by atoms with van der Waals surface area (Å²) < 4.78 is 5.41. The predicted molar refractivity (Wildman–Crippen MR) is 71.7 cm³/mol. The lowest BCUT2D eigenvalue weighted by Gasteiger charge is -2.14. The summed E-state index contributed by atoms with van der Waals surface area (Å²) in [6, 6.07) is 6.61. The van der Waals surface area contributed by atoms with Gasteiger partial charge in [-0.25, -0.2) is 0 Å². The Kier molecular flexibility index (Phi) is 6.02. The predicted octanol–water partition coefficient (Wildman–Crippen LogP) is 1.72. The van der Waals surface area contributed by atoms with Crippen molar-refractivity contribution in [2.75, 3.05) is 13.2 Å². The maximum Gasteiger partial charge on any atom is 0.304 e. The number of benzene rings is 1. The molecule has 0 aliphatic rings. The molecule has 0 radical (unpaired) electrons. The molecule has 0 aromatic heterocycles. The van der Waals surface area contributed by atoms with Crippen molar-refractivity contribution in [3.05, 3.63) is 29.8 Å². The Morgan fingerprint density at radius 3 is 2.68 bits per heavy atom. The number of rotatable bonds is 8. The van der Waals surface area contributed by atoms with Crippen molar-refractivity contribution in [3.8, 4) is 5.75 Å². The minimum absolute atomic E-state index is 0.00920.